The first-order chi connectivity index (χ1) is 15.1. The van der Waals surface area contributed by atoms with Crippen LogP contribution in [0.5, 0.6) is 5.75 Å². The van der Waals surface area contributed by atoms with Gasteiger partial charge in [-0.2, -0.15) is 0 Å². The fraction of sp³-hybridized carbons (Fsp3) is 0.458. The van der Waals surface area contributed by atoms with Crippen molar-refractivity contribution in [3.63, 3.8) is 0 Å². The Morgan fingerprint density at radius 3 is 2.42 bits per heavy atom. The molecule has 0 aliphatic heterocycles. The number of nitrogens with zero attached hydrogens (tertiary/aromatic N) is 2. The van der Waals surface area contributed by atoms with E-state index in [1.807, 2.05) is 12.1 Å². The molecule has 0 saturated heterocycles. The Morgan fingerprint density at radius 1 is 1.13 bits per heavy atom. The van der Waals surface area contributed by atoms with Crippen molar-refractivity contribution in [2.75, 3.05) is 13.2 Å². The van der Waals surface area contributed by atoms with Gasteiger partial charge in [-0.05, 0) is 61.6 Å². The molecule has 3 aliphatic carbocycles. The number of hydrogen-bond acceptors (Lipinski definition) is 5. The van der Waals surface area contributed by atoms with Crippen LogP contribution < -0.4 is 15.8 Å². The van der Waals surface area contributed by atoms with Crippen molar-refractivity contribution < 1.29 is 13.9 Å². The standard InChI is InChI=1S/C24H29FN4O2/c25-13-18(14-26)17-31-21-3-1-19(2-4-21)23-5-8-24(9-6-23,10-7-23)22(30)29-16-20-15-27-11-12-28-20/h1-4,11-13,15H,5-10,14,16-17,26H2,(H,29,30). The summed E-state index contributed by atoms with van der Waals surface area (Å²) in [4.78, 5) is 21.3. The Morgan fingerprint density at radius 2 is 1.84 bits per heavy atom. The van der Waals surface area contributed by atoms with Gasteiger partial charge in [0.25, 0.3) is 0 Å². The van der Waals surface area contributed by atoms with Crippen LogP contribution in [0.2, 0.25) is 0 Å². The van der Waals surface area contributed by atoms with E-state index in [0.717, 1.165) is 44.2 Å². The summed E-state index contributed by atoms with van der Waals surface area (Å²) in [7, 11) is 0. The molecule has 3 aliphatic rings. The van der Waals surface area contributed by atoms with Gasteiger partial charge in [0.1, 0.15) is 12.4 Å². The summed E-state index contributed by atoms with van der Waals surface area (Å²) in [5, 5.41) is 3.08. The molecule has 2 bridgehead atoms. The monoisotopic (exact) mass is 424 g/mol. The zero-order chi connectivity index (χ0) is 21.7. The number of ether oxygens (including phenoxy) is 1. The van der Waals surface area contributed by atoms with Gasteiger partial charge in [0, 0.05) is 29.9 Å². The van der Waals surface area contributed by atoms with Crippen molar-refractivity contribution in [3.8, 4) is 5.75 Å². The maximum atomic E-state index is 13.0. The number of carbonyl (C=O) groups is 1. The average Bonchev–Trinajstić information content (AvgIpc) is 2.85. The minimum absolute atomic E-state index is 0.132. The molecule has 5 rings (SSSR count). The molecule has 1 amide bonds. The van der Waals surface area contributed by atoms with Gasteiger partial charge in [-0.1, -0.05) is 12.1 Å². The van der Waals surface area contributed by atoms with E-state index in [4.69, 9.17) is 10.5 Å². The molecule has 3 fully saturated rings. The number of hydrogen-bond donors (Lipinski definition) is 2. The molecule has 0 radical (unpaired) electrons. The highest BCUT2D eigenvalue weighted by Crippen LogP contribution is 2.57. The van der Waals surface area contributed by atoms with Crippen LogP contribution in [0.4, 0.5) is 4.39 Å². The number of nitrogens with one attached hydrogen (secondary N) is 1. The smallest absolute Gasteiger partial charge is 0.226 e. The molecule has 31 heavy (non-hydrogen) atoms. The first kappa shape index (κ1) is 21.4. The molecule has 6 nitrogen and oxygen atoms in total. The molecule has 0 atom stereocenters. The molecule has 3 N–H and O–H groups in total. The van der Waals surface area contributed by atoms with Crippen molar-refractivity contribution in [2.24, 2.45) is 11.1 Å². The number of halogens is 1. The Kier molecular flexibility index (Phi) is 6.32. The zero-order valence-corrected chi connectivity index (χ0v) is 17.6. The van der Waals surface area contributed by atoms with Gasteiger partial charge in [0.05, 0.1) is 24.8 Å². The third kappa shape index (κ3) is 4.46. The fourth-order valence-corrected chi connectivity index (χ4v) is 4.95. The number of aromatic nitrogens is 2. The quantitative estimate of drug-likeness (QED) is 0.676. The Bertz CT molecular complexity index is 906. The van der Waals surface area contributed by atoms with Crippen LogP contribution in [0.3, 0.4) is 0 Å². The normalized spacial score (nSPS) is 25.3. The van der Waals surface area contributed by atoms with E-state index in [1.54, 1.807) is 18.6 Å². The van der Waals surface area contributed by atoms with Crippen LogP contribution in [0.15, 0.2) is 54.8 Å². The summed E-state index contributed by atoms with van der Waals surface area (Å²) in [5.41, 5.74) is 7.84. The summed E-state index contributed by atoms with van der Waals surface area (Å²) in [6.07, 6.45) is 11.2. The number of rotatable bonds is 8. The van der Waals surface area contributed by atoms with Crippen molar-refractivity contribution in [1.29, 1.82) is 0 Å². The van der Waals surface area contributed by atoms with Crippen molar-refractivity contribution >= 4 is 5.91 Å². The molecule has 3 saturated carbocycles. The van der Waals surface area contributed by atoms with Gasteiger partial charge < -0.3 is 15.8 Å². The summed E-state index contributed by atoms with van der Waals surface area (Å²) >= 11 is 0. The Hall–Kier alpha value is -2.80. The molecular formula is C24H29FN4O2. The van der Waals surface area contributed by atoms with Gasteiger partial charge in [-0.25, -0.2) is 4.39 Å². The largest absolute Gasteiger partial charge is 0.489 e. The molecule has 0 spiro atoms. The molecule has 1 aromatic carbocycles. The third-order valence-electron chi connectivity index (χ3n) is 7.08. The number of benzene rings is 1. The fourth-order valence-electron chi connectivity index (χ4n) is 4.95. The minimum atomic E-state index is -0.260. The van der Waals surface area contributed by atoms with Gasteiger partial charge in [0.2, 0.25) is 5.91 Å². The molecule has 164 valence electrons. The highest BCUT2D eigenvalue weighted by Gasteiger charge is 2.52. The van der Waals surface area contributed by atoms with E-state index in [0.29, 0.717) is 24.2 Å². The lowest BCUT2D eigenvalue weighted by Gasteiger charge is -2.52. The highest BCUT2D eigenvalue weighted by atomic mass is 19.1. The lowest BCUT2D eigenvalue weighted by atomic mass is 9.51. The average molecular weight is 425 g/mol. The lowest BCUT2D eigenvalue weighted by molar-refractivity contribution is -0.138. The summed E-state index contributed by atoms with van der Waals surface area (Å²) in [6.45, 7) is 0.722. The molecule has 1 heterocycles. The Balaban J connectivity index is 1.35. The predicted octanol–water partition coefficient (Wildman–Crippen LogP) is 3.58. The SMILES string of the molecule is NCC(=CF)COc1ccc(C23CCC(C(=O)NCc4cnccn4)(CC2)CC3)cc1. The van der Waals surface area contributed by atoms with E-state index in [2.05, 4.69) is 27.4 Å². The van der Waals surface area contributed by atoms with E-state index < -0.39 is 0 Å². The lowest BCUT2D eigenvalue weighted by Crippen LogP contribution is -2.51. The molecule has 2 aromatic rings. The first-order valence-corrected chi connectivity index (χ1v) is 10.8. The van der Waals surface area contributed by atoms with Crippen LogP contribution in [-0.2, 0) is 16.8 Å². The minimum Gasteiger partial charge on any atom is -0.489 e. The van der Waals surface area contributed by atoms with E-state index >= 15 is 0 Å². The van der Waals surface area contributed by atoms with E-state index in [9.17, 15) is 9.18 Å². The second-order valence-corrected chi connectivity index (χ2v) is 8.72. The maximum absolute atomic E-state index is 13.0. The summed E-state index contributed by atoms with van der Waals surface area (Å²) in [6, 6.07) is 8.12. The van der Waals surface area contributed by atoms with Gasteiger partial charge in [0.15, 0.2) is 0 Å². The predicted molar refractivity (Wildman–Crippen MR) is 116 cm³/mol. The van der Waals surface area contributed by atoms with Crippen LogP contribution in [0, 0.1) is 5.41 Å². The van der Waals surface area contributed by atoms with Gasteiger partial charge in [-0.15, -0.1) is 0 Å². The second kappa shape index (κ2) is 9.14. The van der Waals surface area contributed by atoms with Crippen molar-refractivity contribution in [3.05, 3.63) is 66.0 Å². The number of nitrogens with two attached hydrogens (primary N) is 1. The summed E-state index contributed by atoms with van der Waals surface area (Å²) < 4.78 is 18.3. The van der Waals surface area contributed by atoms with Crippen LogP contribution >= 0.6 is 0 Å². The van der Waals surface area contributed by atoms with Crippen molar-refractivity contribution in [1.82, 2.24) is 15.3 Å². The van der Waals surface area contributed by atoms with Gasteiger partial charge >= 0.3 is 0 Å². The van der Waals surface area contributed by atoms with E-state index in [1.165, 1.54) is 5.56 Å². The zero-order valence-electron chi connectivity index (χ0n) is 17.6. The van der Waals surface area contributed by atoms with Crippen molar-refractivity contribution in [2.45, 2.75) is 50.5 Å². The molecule has 1 aromatic heterocycles. The van der Waals surface area contributed by atoms with Crippen LogP contribution in [0.1, 0.15) is 49.8 Å². The molecular weight excluding hydrogens is 395 g/mol. The first-order valence-electron chi connectivity index (χ1n) is 10.8. The highest BCUT2D eigenvalue weighted by molar-refractivity contribution is 5.83. The number of fused-ring (bicyclic) bond motifs is 3. The number of amides is 1. The third-order valence-corrected chi connectivity index (χ3v) is 7.08. The van der Waals surface area contributed by atoms with Gasteiger partial charge in [-0.3, -0.25) is 14.8 Å². The van der Waals surface area contributed by atoms with E-state index in [-0.39, 0.29) is 29.9 Å². The maximum Gasteiger partial charge on any atom is 0.226 e. The molecule has 7 heteroatoms. The topological polar surface area (TPSA) is 90.1 Å². The van der Waals surface area contributed by atoms with Crippen LogP contribution in [-0.4, -0.2) is 29.0 Å². The van der Waals surface area contributed by atoms with Crippen LogP contribution in [0.25, 0.3) is 0 Å². The number of carbonyl (C=O) groups excluding carboxylic acids is 1. The Labute approximate surface area is 182 Å². The second-order valence-electron chi connectivity index (χ2n) is 8.72. The summed E-state index contributed by atoms with van der Waals surface area (Å²) in [5.74, 6) is 0.851. The molecule has 0 unspecified atom stereocenters.